The topological polar surface area (TPSA) is 43.4 Å². The van der Waals surface area contributed by atoms with Gasteiger partial charge in [0.05, 0.1) is 22.7 Å². The standard InChI is InChI=1S/C56H33NO2.C54H33NO2/c1-2-10-34(11-3-1)39-24-28-48-50(30-39)58-52-32-41(44-19-9-13-35-12-4-5-16-42(35)44)33-53-56(52)57(48)49-29-25-40(31-51(49)59-53)43-17-6-7-18-45(43)46-26-22-38-21-20-36-14-8-15-37-23-27-47(46)55(38)54(36)37;1-2-13-34(14-3-1)36-25-27-47-49(30-36)56-51-32-40(43-24-12-18-35-15-4-7-19-41(35)43)33-52-54(51)55(47)48-28-26-39(31-50(48)57-52)42-20-10-11-23-46(42)53-44-21-8-5-16-37(44)29-38-17-6-9-22-45(38)53/h1-33H;1-33H. The van der Waals surface area contributed by atoms with E-state index >= 15 is 0 Å². The molecule has 4 heterocycles. The predicted octanol–water partition coefficient (Wildman–Crippen LogP) is 31.6. The molecule has 0 spiro atoms. The monoisotopic (exact) mass is 1480 g/mol. The van der Waals surface area contributed by atoms with Gasteiger partial charge in [-0.05, 0) is 243 Å². The van der Waals surface area contributed by atoms with Crippen LogP contribution < -0.4 is 28.7 Å². The smallest absolute Gasteiger partial charge is 0.156 e. The third-order valence-corrected chi connectivity index (χ3v) is 24.0. The fourth-order valence-corrected chi connectivity index (χ4v) is 18.7. The van der Waals surface area contributed by atoms with Crippen molar-refractivity contribution in [3.63, 3.8) is 0 Å². The molecule has 6 nitrogen and oxygen atoms in total. The van der Waals surface area contributed by atoms with Crippen molar-refractivity contribution in [1.82, 2.24) is 0 Å². The quantitative estimate of drug-likeness (QED) is 0.112. The van der Waals surface area contributed by atoms with Gasteiger partial charge in [0.15, 0.2) is 46.0 Å². The highest BCUT2D eigenvalue weighted by Gasteiger charge is 2.39. The summed E-state index contributed by atoms with van der Waals surface area (Å²) >= 11 is 0. The lowest BCUT2D eigenvalue weighted by molar-refractivity contribution is 0.446. The maximum absolute atomic E-state index is 7.04. The first kappa shape index (κ1) is 65.2. The molecule has 116 heavy (non-hydrogen) atoms. The Hall–Kier alpha value is -15.5. The van der Waals surface area contributed by atoms with E-state index in [-0.39, 0.29) is 0 Å². The van der Waals surface area contributed by atoms with E-state index in [2.05, 4.69) is 398 Å². The molecule has 0 unspecified atom stereocenters. The number of hydrogen-bond acceptors (Lipinski definition) is 6. The van der Waals surface area contributed by atoms with Crippen molar-refractivity contribution in [2.75, 3.05) is 9.80 Å². The number of nitrogens with zero attached hydrogens (tertiary/aromatic N) is 2. The fraction of sp³-hybridized carbons (Fsp3) is 0. The van der Waals surface area contributed by atoms with E-state index in [1.54, 1.807) is 0 Å². The van der Waals surface area contributed by atoms with E-state index in [9.17, 15) is 0 Å². The van der Waals surface area contributed by atoms with Crippen molar-refractivity contribution >= 4 is 110 Å². The molecule has 0 atom stereocenters. The molecule has 540 valence electrons. The van der Waals surface area contributed by atoms with Gasteiger partial charge in [-0.25, -0.2) is 0 Å². The number of rotatable bonds is 8. The summed E-state index contributed by atoms with van der Waals surface area (Å²) in [5.74, 6) is 6.22. The minimum absolute atomic E-state index is 0.756. The second-order valence-electron chi connectivity index (χ2n) is 30.5. The molecule has 4 aliphatic heterocycles. The summed E-state index contributed by atoms with van der Waals surface area (Å²) in [6.07, 6.45) is 0. The minimum Gasteiger partial charge on any atom is -0.453 e. The van der Waals surface area contributed by atoms with Crippen LogP contribution in [0.15, 0.2) is 400 Å². The van der Waals surface area contributed by atoms with Crippen molar-refractivity contribution < 1.29 is 18.9 Å². The highest BCUT2D eigenvalue weighted by Crippen LogP contribution is 2.64. The molecule has 0 amide bonds. The summed E-state index contributed by atoms with van der Waals surface area (Å²) in [6.45, 7) is 0. The van der Waals surface area contributed by atoms with Crippen LogP contribution in [0.5, 0.6) is 46.0 Å². The minimum atomic E-state index is 0.756. The third-order valence-electron chi connectivity index (χ3n) is 24.0. The van der Waals surface area contributed by atoms with Gasteiger partial charge in [0, 0.05) is 0 Å². The van der Waals surface area contributed by atoms with Crippen molar-refractivity contribution in [1.29, 1.82) is 0 Å². The van der Waals surface area contributed by atoms with Gasteiger partial charge < -0.3 is 18.9 Å². The highest BCUT2D eigenvalue weighted by atomic mass is 16.5. The maximum atomic E-state index is 7.04. The normalized spacial score (nSPS) is 12.6. The average Bonchev–Trinajstić information content (AvgIpc) is 0.722. The first-order valence-electron chi connectivity index (χ1n) is 39.6. The molecule has 25 rings (SSSR count). The van der Waals surface area contributed by atoms with Crippen LogP contribution in [-0.2, 0) is 0 Å². The lowest BCUT2D eigenvalue weighted by Gasteiger charge is -2.38. The maximum Gasteiger partial charge on any atom is 0.156 e. The first-order chi connectivity index (χ1) is 57.5. The number of hydrogen-bond donors (Lipinski definition) is 0. The molecular formula is C110H66N2O4. The van der Waals surface area contributed by atoms with E-state index in [1.807, 2.05) is 12.1 Å². The molecule has 0 saturated carbocycles. The van der Waals surface area contributed by atoms with Crippen LogP contribution in [0.25, 0.3) is 164 Å². The Bertz CT molecular complexity index is 7600. The van der Waals surface area contributed by atoms with Crippen LogP contribution in [-0.4, -0.2) is 0 Å². The Balaban J connectivity index is 0.000000133. The van der Waals surface area contributed by atoms with E-state index < -0.39 is 0 Å². The largest absolute Gasteiger partial charge is 0.453 e. The van der Waals surface area contributed by atoms with Gasteiger partial charge >= 0.3 is 0 Å². The zero-order valence-corrected chi connectivity index (χ0v) is 62.6. The van der Waals surface area contributed by atoms with Crippen LogP contribution in [0.4, 0.5) is 34.1 Å². The molecule has 0 N–H and O–H groups in total. The van der Waals surface area contributed by atoms with Crippen LogP contribution >= 0.6 is 0 Å². The molecule has 0 bridgehead atoms. The molecule has 0 saturated heterocycles. The average molecular weight is 1480 g/mol. The molecule has 21 aromatic carbocycles. The Kier molecular flexibility index (Phi) is 14.7. The van der Waals surface area contributed by atoms with Crippen LogP contribution in [0.3, 0.4) is 0 Å². The first-order valence-corrected chi connectivity index (χ1v) is 39.6. The Morgan fingerprint density at radius 2 is 0.483 bits per heavy atom. The zero-order chi connectivity index (χ0) is 76.1. The van der Waals surface area contributed by atoms with E-state index in [4.69, 9.17) is 18.9 Å². The molecule has 4 aliphatic rings. The summed E-state index contributed by atoms with van der Waals surface area (Å²) in [6, 6.07) is 143. The predicted molar refractivity (Wildman–Crippen MR) is 480 cm³/mol. The molecule has 21 aromatic rings. The second-order valence-corrected chi connectivity index (χ2v) is 30.5. The highest BCUT2D eigenvalue weighted by molar-refractivity contribution is 6.26. The van der Waals surface area contributed by atoms with Crippen molar-refractivity contribution in [3.8, 4) is 135 Å². The van der Waals surface area contributed by atoms with Crippen LogP contribution in [0.2, 0.25) is 0 Å². The van der Waals surface area contributed by atoms with Crippen molar-refractivity contribution in [2.24, 2.45) is 0 Å². The number of ether oxygens (including phenoxy) is 4. The van der Waals surface area contributed by atoms with Gasteiger partial charge in [0.1, 0.15) is 11.4 Å². The van der Waals surface area contributed by atoms with E-state index in [0.717, 1.165) is 147 Å². The Morgan fingerprint density at radius 1 is 0.155 bits per heavy atom. The number of benzene rings is 21. The van der Waals surface area contributed by atoms with Gasteiger partial charge in [0.2, 0.25) is 0 Å². The Labute approximate surface area is 669 Å². The fourth-order valence-electron chi connectivity index (χ4n) is 18.7. The summed E-state index contributed by atoms with van der Waals surface area (Å²) in [7, 11) is 0. The Morgan fingerprint density at radius 3 is 0.966 bits per heavy atom. The molecule has 0 radical (unpaired) electrons. The molecule has 6 heteroatoms. The number of anilines is 6. The van der Waals surface area contributed by atoms with Crippen LogP contribution in [0.1, 0.15) is 0 Å². The summed E-state index contributed by atoms with van der Waals surface area (Å²) in [4.78, 5) is 4.64. The van der Waals surface area contributed by atoms with Gasteiger partial charge in [-0.3, -0.25) is 9.80 Å². The third kappa shape index (κ3) is 10.4. The summed E-state index contributed by atoms with van der Waals surface area (Å²) in [5, 5.41) is 17.4. The number of fused-ring (bicyclic) bond motifs is 12. The lowest BCUT2D eigenvalue weighted by Crippen LogP contribution is -2.20. The zero-order valence-electron chi connectivity index (χ0n) is 62.6. The van der Waals surface area contributed by atoms with Gasteiger partial charge in [0.25, 0.3) is 0 Å². The van der Waals surface area contributed by atoms with Gasteiger partial charge in [-0.2, -0.15) is 0 Å². The lowest BCUT2D eigenvalue weighted by atomic mass is 9.87. The second kappa shape index (κ2) is 26.1. The SMILES string of the molecule is c1ccc(-c2ccc3c(c2)Oc2cc(-c4cccc5ccccc45)cc4c2N3c2ccc(-c3ccccc3-c3c5ccccc5cc5ccccc35)cc2O4)cc1.c1ccc(-c2ccc3c(c2)Oc2cc(-c4cccc5ccccc45)cc4c2N3c2ccc(-c3ccccc3-c3ccc5ccc6cccc7ccc3c5c67)cc2O4)cc1. The molecule has 0 aromatic heterocycles. The molecule has 0 fully saturated rings. The van der Waals surface area contributed by atoms with E-state index in [0.29, 0.717) is 0 Å². The molecular weight excluding hydrogens is 1410 g/mol. The van der Waals surface area contributed by atoms with Gasteiger partial charge in [-0.1, -0.05) is 322 Å². The van der Waals surface area contributed by atoms with Crippen LogP contribution in [0, 0.1) is 0 Å². The van der Waals surface area contributed by atoms with E-state index in [1.165, 1.54) is 97.7 Å². The summed E-state index contributed by atoms with van der Waals surface area (Å²) in [5.41, 5.74) is 23.8. The van der Waals surface area contributed by atoms with Crippen molar-refractivity contribution in [3.05, 3.63) is 400 Å². The summed E-state index contributed by atoms with van der Waals surface area (Å²) < 4.78 is 27.8. The van der Waals surface area contributed by atoms with Crippen molar-refractivity contribution in [2.45, 2.75) is 0 Å². The van der Waals surface area contributed by atoms with Gasteiger partial charge in [-0.15, -0.1) is 0 Å². The molecule has 0 aliphatic carbocycles.